The van der Waals surface area contributed by atoms with Gasteiger partial charge in [-0.05, 0) is 65.5 Å². The second-order valence-corrected chi connectivity index (χ2v) is 7.77. The van der Waals surface area contributed by atoms with Gasteiger partial charge in [0.25, 0.3) is 0 Å². The molecule has 2 aromatic carbocycles. The van der Waals surface area contributed by atoms with Crippen molar-refractivity contribution in [2.75, 3.05) is 11.5 Å². The van der Waals surface area contributed by atoms with Crippen LogP contribution in [0.3, 0.4) is 0 Å². The first kappa shape index (κ1) is 18.7. The molecule has 24 heavy (non-hydrogen) atoms. The monoisotopic (exact) mass is 344 g/mol. The fraction of sp³-hybridized carbons (Fsp3) is 0.429. The van der Waals surface area contributed by atoms with E-state index >= 15 is 0 Å². The predicted molar refractivity (Wildman–Crippen MR) is 107 cm³/mol. The van der Waals surface area contributed by atoms with E-state index in [0.29, 0.717) is 11.8 Å². The van der Waals surface area contributed by atoms with Crippen LogP contribution in [0.25, 0.3) is 0 Å². The average Bonchev–Trinajstić information content (AvgIpc) is 2.47. The van der Waals surface area contributed by atoms with Crippen LogP contribution in [0.5, 0.6) is 0 Å². The molecule has 0 heterocycles. The van der Waals surface area contributed by atoms with E-state index in [2.05, 4.69) is 59.7 Å². The number of benzene rings is 2. The van der Waals surface area contributed by atoms with Crippen LogP contribution in [-0.4, -0.2) is 0 Å². The Bertz CT molecular complexity index is 761. The van der Waals surface area contributed by atoms with E-state index in [4.69, 9.17) is 23.1 Å². The molecule has 0 amide bonds. The summed E-state index contributed by atoms with van der Waals surface area (Å²) in [5.41, 5.74) is 21.1. The third-order valence-electron chi connectivity index (χ3n) is 4.70. The van der Waals surface area contributed by atoms with Gasteiger partial charge in [-0.2, -0.15) is 0 Å². The third kappa shape index (κ3) is 3.54. The normalized spacial score (nSPS) is 11.5. The highest BCUT2D eigenvalue weighted by atomic mass is 35.5. The third-order valence-corrected chi connectivity index (χ3v) is 5.14. The Morgan fingerprint density at radius 3 is 2.00 bits per heavy atom. The minimum Gasteiger partial charge on any atom is -0.398 e. The molecule has 3 heteroatoms. The van der Waals surface area contributed by atoms with Crippen molar-refractivity contribution in [3.05, 3.63) is 56.6 Å². The molecular formula is C21H29ClN2. The molecular weight excluding hydrogens is 316 g/mol. The smallest absolute Gasteiger partial charge is 0.0496 e. The summed E-state index contributed by atoms with van der Waals surface area (Å²) >= 11 is 6.70. The van der Waals surface area contributed by atoms with Crippen molar-refractivity contribution >= 4 is 23.0 Å². The number of halogens is 1. The van der Waals surface area contributed by atoms with E-state index in [1.165, 1.54) is 11.1 Å². The molecule has 2 nitrogen and oxygen atoms in total. The van der Waals surface area contributed by atoms with Crippen molar-refractivity contribution in [3.8, 4) is 0 Å². The van der Waals surface area contributed by atoms with Crippen LogP contribution < -0.4 is 11.5 Å². The fourth-order valence-corrected chi connectivity index (χ4v) is 3.74. The van der Waals surface area contributed by atoms with Gasteiger partial charge >= 0.3 is 0 Å². The molecule has 2 rings (SSSR count). The molecule has 2 aromatic rings. The first-order valence-corrected chi connectivity index (χ1v) is 8.97. The number of aryl methyl sites for hydroxylation is 2. The topological polar surface area (TPSA) is 52.0 Å². The Morgan fingerprint density at radius 1 is 0.875 bits per heavy atom. The summed E-state index contributed by atoms with van der Waals surface area (Å²) < 4.78 is 0. The predicted octanol–water partition coefficient (Wildman–Crippen LogP) is 5.96. The number of rotatable bonds is 4. The molecule has 0 bridgehead atoms. The summed E-state index contributed by atoms with van der Waals surface area (Å²) in [6.45, 7) is 12.7. The first-order chi connectivity index (χ1) is 11.1. The zero-order valence-corrected chi connectivity index (χ0v) is 16.4. The highest BCUT2D eigenvalue weighted by Crippen LogP contribution is 2.36. The van der Waals surface area contributed by atoms with Crippen molar-refractivity contribution in [1.29, 1.82) is 0 Å². The number of anilines is 2. The Morgan fingerprint density at radius 2 is 1.46 bits per heavy atom. The van der Waals surface area contributed by atoms with Crippen LogP contribution in [0.15, 0.2) is 18.2 Å². The lowest BCUT2D eigenvalue weighted by molar-refractivity contribution is 0.861. The molecule has 4 N–H and O–H groups in total. The number of hydrogen-bond donors (Lipinski definition) is 2. The Labute approximate surface area is 151 Å². The Hall–Kier alpha value is -1.67. The summed E-state index contributed by atoms with van der Waals surface area (Å²) in [7, 11) is 0. The van der Waals surface area contributed by atoms with Gasteiger partial charge in [-0.15, -0.1) is 0 Å². The minimum absolute atomic E-state index is 0.301. The van der Waals surface area contributed by atoms with E-state index in [1.54, 1.807) is 0 Å². The Balaban J connectivity index is 2.53. The molecule has 0 fully saturated rings. The van der Waals surface area contributed by atoms with Crippen LogP contribution in [0, 0.1) is 13.8 Å². The lowest BCUT2D eigenvalue weighted by Gasteiger charge is -2.19. The first-order valence-electron chi connectivity index (χ1n) is 8.59. The molecule has 0 aromatic heterocycles. The van der Waals surface area contributed by atoms with Crippen molar-refractivity contribution in [2.45, 2.75) is 59.8 Å². The van der Waals surface area contributed by atoms with Gasteiger partial charge in [-0.1, -0.05) is 57.5 Å². The fourth-order valence-electron chi connectivity index (χ4n) is 3.30. The van der Waals surface area contributed by atoms with Gasteiger partial charge < -0.3 is 11.5 Å². The van der Waals surface area contributed by atoms with Gasteiger partial charge in [0.05, 0.1) is 0 Å². The molecule has 0 unspecified atom stereocenters. The van der Waals surface area contributed by atoms with Gasteiger partial charge in [0, 0.05) is 16.4 Å². The molecule has 0 radical (unpaired) electrons. The summed E-state index contributed by atoms with van der Waals surface area (Å²) in [6, 6.07) is 6.49. The molecule has 0 spiro atoms. The summed E-state index contributed by atoms with van der Waals surface area (Å²) in [4.78, 5) is 0. The highest BCUT2D eigenvalue weighted by molar-refractivity contribution is 6.32. The molecule has 0 atom stereocenters. The molecule has 130 valence electrons. The maximum absolute atomic E-state index is 6.70. The van der Waals surface area contributed by atoms with Gasteiger partial charge in [-0.3, -0.25) is 0 Å². The van der Waals surface area contributed by atoms with Crippen molar-refractivity contribution < 1.29 is 0 Å². The lowest BCUT2D eigenvalue weighted by Crippen LogP contribution is -2.05. The van der Waals surface area contributed by atoms with E-state index in [-0.39, 0.29) is 0 Å². The van der Waals surface area contributed by atoms with E-state index in [1.807, 2.05) is 0 Å². The number of nitrogens with two attached hydrogens (primary N) is 2. The molecule has 0 saturated heterocycles. The summed E-state index contributed by atoms with van der Waals surface area (Å²) in [5.74, 6) is 0.703. The van der Waals surface area contributed by atoms with Gasteiger partial charge in [-0.25, -0.2) is 0 Å². The number of nitrogen functional groups attached to an aromatic ring is 2. The zero-order chi connectivity index (χ0) is 18.2. The second-order valence-electron chi connectivity index (χ2n) is 7.40. The highest BCUT2D eigenvalue weighted by Gasteiger charge is 2.17. The van der Waals surface area contributed by atoms with Gasteiger partial charge in [0.15, 0.2) is 0 Å². The summed E-state index contributed by atoms with van der Waals surface area (Å²) in [6.07, 6.45) is 0.792. The lowest BCUT2D eigenvalue weighted by atomic mass is 9.90. The molecule has 0 saturated carbocycles. The van der Waals surface area contributed by atoms with Crippen LogP contribution in [0.1, 0.15) is 72.9 Å². The van der Waals surface area contributed by atoms with Gasteiger partial charge in [0.2, 0.25) is 0 Å². The maximum Gasteiger partial charge on any atom is 0.0496 e. The zero-order valence-electron chi connectivity index (χ0n) is 15.6. The van der Waals surface area contributed by atoms with E-state index < -0.39 is 0 Å². The largest absolute Gasteiger partial charge is 0.398 e. The van der Waals surface area contributed by atoms with Gasteiger partial charge in [0.1, 0.15) is 0 Å². The second kappa shape index (κ2) is 7.06. The quantitative estimate of drug-likeness (QED) is 0.672. The molecule has 0 aliphatic heterocycles. The summed E-state index contributed by atoms with van der Waals surface area (Å²) in [5, 5.41) is 0.800. The standard InChI is InChI=1S/C21H29ClN2/c1-11(2)17-10-15(7-13(5)20(17)23)9-16-8-14(6)21(24)18(12(3)4)19(16)22/h7-8,10-12H,9,23-24H2,1-6H3. The Kier molecular flexibility index (Phi) is 5.49. The van der Waals surface area contributed by atoms with Crippen LogP contribution in [0.4, 0.5) is 11.4 Å². The van der Waals surface area contributed by atoms with Crippen molar-refractivity contribution in [2.24, 2.45) is 0 Å². The van der Waals surface area contributed by atoms with E-state index in [9.17, 15) is 0 Å². The van der Waals surface area contributed by atoms with E-state index in [0.717, 1.165) is 45.1 Å². The molecule has 0 aliphatic carbocycles. The van der Waals surface area contributed by atoms with Crippen LogP contribution in [0.2, 0.25) is 5.02 Å². The number of hydrogen-bond acceptors (Lipinski definition) is 2. The minimum atomic E-state index is 0.301. The van der Waals surface area contributed by atoms with Crippen LogP contribution >= 0.6 is 11.6 Å². The SMILES string of the molecule is Cc1cc(Cc2cc(C)c(N)c(C(C)C)c2Cl)cc(C(C)C)c1N. The van der Waals surface area contributed by atoms with Crippen molar-refractivity contribution in [3.63, 3.8) is 0 Å². The maximum atomic E-state index is 6.70. The average molecular weight is 345 g/mol. The molecule has 0 aliphatic rings. The van der Waals surface area contributed by atoms with Crippen molar-refractivity contribution in [1.82, 2.24) is 0 Å². The van der Waals surface area contributed by atoms with Crippen LogP contribution in [-0.2, 0) is 6.42 Å².